The lowest BCUT2D eigenvalue weighted by molar-refractivity contribution is -0.00305. The van der Waals surface area contributed by atoms with Crippen LogP contribution in [0.4, 0.5) is 4.79 Å². The van der Waals surface area contributed by atoms with Gasteiger partial charge in [-0.3, -0.25) is 4.98 Å². The molecular formula is C23H28N4O4. The Hall–Kier alpha value is -3.00. The van der Waals surface area contributed by atoms with Gasteiger partial charge in [-0.1, -0.05) is 18.2 Å². The number of hydrogen-bond donors (Lipinski definition) is 0. The Labute approximate surface area is 181 Å². The van der Waals surface area contributed by atoms with Gasteiger partial charge in [0, 0.05) is 30.2 Å². The number of amidine groups is 1. The lowest BCUT2D eigenvalue weighted by atomic mass is 10.1. The summed E-state index contributed by atoms with van der Waals surface area (Å²) in [6.07, 6.45) is 3.07. The minimum absolute atomic E-state index is 0.0598. The first kappa shape index (κ1) is 21.2. The number of fused-ring (bicyclic) bond motifs is 1. The molecule has 164 valence electrons. The van der Waals surface area contributed by atoms with E-state index in [9.17, 15) is 4.79 Å². The van der Waals surface area contributed by atoms with Gasteiger partial charge in [0.15, 0.2) is 12.6 Å². The summed E-state index contributed by atoms with van der Waals surface area (Å²) in [5.41, 5.74) is 1.30. The molecule has 4 rings (SSSR count). The van der Waals surface area contributed by atoms with Crippen molar-refractivity contribution in [3.05, 3.63) is 42.1 Å². The van der Waals surface area contributed by atoms with E-state index < -0.39 is 5.60 Å². The van der Waals surface area contributed by atoms with Crippen molar-refractivity contribution >= 4 is 28.7 Å². The van der Waals surface area contributed by atoms with Crippen LogP contribution in [0.2, 0.25) is 0 Å². The number of benzene rings is 1. The van der Waals surface area contributed by atoms with Crippen LogP contribution in [-0.4, -0.2) is 65.8 Å². The highest BCUT2D eigenvalue weighted by molar-refractivity contribution is 6.11. The Bertz CT molecular complexity index is 999. The summed E-state index contributed by atoms with van der Waals surface area (Å²) < 4.78 is 17.2. The van der Waals surface area contributed by atoms with E-state index in [1.165, 1.54) is 0 Å². The fraction of sp³-hybridized carbons (Fsp3) is 0.478. The van der Waals surface area contributed by atoms with Gasteiger partial charge in [0.1, 0.15) is 12.2 Å². The maximum Gasteiger partial charge on any atom is 0.410 e. The van der Waals surface area contributed by atoms with Crippen LogP contribution in [0.1, 0.15) is 39.2 Å². The largest absolute Gasteiger partial charge is 0.454 e. The van der Waals surface area contributed by atoms with Crippen LogP contribution in [0.15, 0.2) is 46.5 Å². The first-order chi connectivity index (χ1) is 14.9. The third-order valence-corrected chi connectivity index (χ3v) is 5.10. The van der Waals surface area contributed by atoms with Gasteiger partial charge in [-0.05, 0) is 45.7 Å². The van der Waals surface area contributed by atoms with E-state index in [0.717, 1.165) is 29.3 Å². The number of hydrogen-bond acceptors (Lipinski definition) is 7. The van der Waals surface area contributed by atoms with Crippen molar-refractivity contribution in [1.82, 2.24) is 9.88 Å². The van der Waals surface area contributed by atoms with E-state index in [0.29, 0.717) is 31.4 Å². The molecule has 0 aliphatic carbocycles. The van der Waals surface area contributed by atoms with Crippen LogP contribution >= 0.6 is 0 Å². The van der Waals surface area contributed by atoms with Crippen LogP contribution in [0.5, 0.6) is 0 Å². The number of amides is 1. The first-order valence-corrected chi connectivity index (χ1v) is 10.6. The summed E-state index contributed by atoms with van der Waals surface area (Å²) in [5, 5.41) is 0.987. The number of ether oxygens (including phenoxy) is 3. The molecule has 0 unspecified atom stereocenters. The summed E-state index contributed by atoms with van der Waals surface area (Å²) in [5.74, 6) is 1.14. The second-order valence-corrected chi connectivity index (χ2v) is 8.62. The molecule has 0 bridgehead atoms. The number of carbonyl (C=O) groups excluding carboxylic acids is 1. The highest BCUT2D eigenvalue weighted by Gasteiger charge is 2.27. The molecule has 8 nitrogen and oxygen atoms in total. The molecule has 1 saturated heterocycles. The smallest absolute Gasteiger partial charge is 0.410 e. The van der Waals surface area contributed by atoms with E-state index in [1.54, 1.807) is 11.1 Å². The number of aliphatic imine (C=N–C) groups is 2. The quantitative estimate of drug-likeness (QED) is 0.746. The third kappa shape index (κ3) is 5.38. The number of para-hydroxylation sites is 1. The maximum absolute atomic E-state index is 12.2. The highest BCUT2D eigenvalue weighted by Crippen LogP contribution is 2.20. The van der Waals surface area contributed by atoms with Crippen molar-refractivity contribution in [2.75, 3.05) is 26.4 Å². The molecule has 0 radical (unpaired) electrons. The lowest BCUT2D eigenvalue weighted by Gasteiger charge is -2.33. The zero-order chi connectivity index (χ0) is 21.8. The summed E-state index contributed by atoms with van der Waals surface area (Å²) in [6.45, 7) is 7.38. The van der Waals surface area contributed by atoms with Gasteiger partial charge < -0.3 is 19.1 Å². The van der Waals surface area contributed by atoms with Crippen molar-refractivity contribution in [1.29, 1.82) is 0 Å². The molecule has 1 amide bonds. The van der Waals surface area contributed by atoms with Gasteiger partial charge in [-0.2, -0.15) is 4.99 Å². The maximum atomic E-state index is 12.2. The monoisotopic (exact) mass is 424 g/mol. The number of nitrogens with zero attached hydrogens (tertiary/aromatic N) is 4. The Morgan fingerprint density at radius 3 is 2.74 bits per heavy atom. The molecule has 1 aromatic carbocycles. The van der Waals surface area contributed by atoms with Gasteiger partial charge in [-0.15, -0.1) is 0 Å². The van der Waals surface area contributed by atoms with Gasteiger partial charge in [-0.25, -0.2) is 9.79 Å². The van der Waals surface area contributed by atoms with Crippen molar-refractivity contribution in [2.45, 2.75) is 45.3 Å². The summed E-state index contributed by atoms with van der Waals surface area (Å²) >= 11 is 0. The van der Waals surface area contributed by atoms with Gasteiger partial charge in [0.25, 0.3) is 0 Å². The average Bonchev–Trinajstić information content (AvgIpc) is 2.77. The van der Waals surface area contributed by atoms with Gasteiger partial charge in [0.2, 0.25) is 5.90 Å². The zero-order valence-electron chi connectivity index (χ0n) is 18.2. The normalized spacial score (nSPS) is 17.7. The molecule has 2 aliphatic rings. The lowest BCUT2D eigenvalue weighted by Crippen LogP contribution is -2.43. The summed E-state index contributed by atoms with van der Waals surface area (Å²) in [4.78, 5) is 27.2. The van der Waals surface area contributed by atoms with Crippen LogP contribution < -0.4 is 0 Å². The third-order valence-electron chi connectivity index (χ3n) is 5.10. The number of aromatic nitrogens is 1. The highest BCUT2D eigenvalue weighted by atomic mass is 16.6. The Morgan fingerprint density at radius 1 is 1.19 bits per heavy atom. The molecule has 31 heavy (non-hydrogen) atoms. The van der Waals surface area contributed by atoms with Crippen LogP contribution in [0.25, 0.3) is 10.9 Å². The number of piperidine rings is 1. The summed E-state index contributed by atoms with van der Waals surface area (Å²) in [7, 11) is 0. The van der Waals surface area contributed by atoms with Crippen molar-refractivity contribution in [2.24, 2.45) is 9.98 Å². The number of likely N-dealkylation sites (tertiary alicyclic amines) is 1. The van der Waals surface area contributed by atoms with Gasteiger partial charge >= 0.3 is 6.09 Å². The van der Waals surface area contributed by atoms with Crippen LogP contribution in [0.3, 0.4) is 0 Å². The molecule has 2 aliphatic heterocycles. The van der Waals surface area contributed by atoms with Crippen LogP contribution in [-0.2, 0) is 14.2 Å². The molecule has 1 fully saturated rings. The number of rotatable bonds is 4. The number of pyridine rings is 1. The van der Waals surface area contributed by atoms with Crippen molar-refractivity contribution in [3.8, 4) is 0 Å². The van der Waals surface area contributed by atoms with E-state index in [1.807, 2.05) is 51.1 Å². The SMILES string of the molecule is CC(C)(C)OC(=O)N1CCC(OCC2=NCOC(c3ccnc4ccccc34)=N2)CC1. The van der Waals surface area contributed by atoms with Crippen LogP contribution in [0, 0.1) is 0 Å². The van der Waals surface area contributed by atoms with Crippen molar-refractivity contribution < 1.29 is 19.0 Å². The minimum atomic E-state index is -0.485. The fourth-order valence-electron chi connectivity index (χ4n) is 3.57. The van der Waals surface area contributed by atoms with E-state index >= 15 is 0 Å². The molecule has 2 aromatic rings. The van der Waals surface area contributed by atoms with Gasteiger partial charge in [0.05, 0.1) is 11.6 Å². The second kappa shape index (κ2) is 9.01. The standard InChI is InChI=1S/C23H28N4O4/c1-23(2,3)31-22(28)27-12-9-16(10-13-27)29-14-20-25-15-30-21(26-20)18-8-11-24-19-7-5-4-6-17(18)19/h4-8,11,16H,9-10,12-15H2,1-3H3. The van der Waals surface area contributed by atoms with E-state index in [4.69, 9.17) is 14.2 Å². The summed E-state index contributed by atoms with van der Waals surface area (Å²) in [6, 6.07) is 9.79. The first-order valence-electron chi connectivity index (χ1n) is 10.6. The topological polar surface area (TPSA) is 85.6 Å². The number of carbonyl (C=O) groups is 1. The average molecular weight is 425 g/mol. The fourth-order valence-corrected chi connectivity index (χ4v) is 3.57. The molecule has 0 spiro atoms. The zero-order valence-corrected chi connectivity index (χ0v) is 18.2. The Balaban J connectivity index is 1.33. The second-order valence-electron chi connectivity index (χ2n) is 8.62. The molecule has 1 aromatic heterocycles. The molecule has 0 N–H and O–H groups in total. The minimum Gasteiger partial charge on any atom is -0.454 e. The molecular weight excluding hydrogens is 396 g/mol. The molecule has 0 atom stereocenters. The Kier molecular flexibility index (Phi) is 6.18. The predicted octanol–water partition coefficient (Wildman–Crippen LogP) is 3.78. The predicted molar refractivity (Wildman–Crippen MR) is 118 cm³/mol. The molecule has 3 heterocycles. The molecule has 8 heteroatoms. The molecule has 0 saturated carbocycles. The van der Waals surface area contributed by atoms with Crippen molar-refractivity contribution in [3.63, 3.8) is 0 Å². The Morgan fingerprint density at radius 2 is 1.97 bits per heavy atom. The van der Waals surface area contributed by atoms with E-state index in [2.05, 4.69) is 15.0 Å². The van der Waals surface area contributed by atoms with E-state index in [-0.39, 0.29) is 18.9 Å².